The van der Waals surface area contributed by atoms with Crippen LogP contribution in [0.4, 0.5) is 10.5 Å². The summed E-state index contributed by atoms with van der Waals surface area (Å²) in [7, 11) is 0. The lowest BCUT2D eigenvalue weighted by molar-refractivity contribution is -0.137. The molecule has 1 N–H and O–H groups in total. The second kappa shape index (κ2) is 8.75. The lowest BCUT2D eigenvalue weighted by Gasteiger charge is -2.16. The van der Waals surface area contributed by atoms with Crippen LogP contribution in [0.1, 0.15) is 24.5 Å². The maximum absolute atomic E-state index is 12.9. The van der Waals surface area contributed by atoms with Crippen LogP contribution in [-0.4, -0.2) is 28.8 Å². The Labute approximate surface area is 166 Å². The number of benzene rings is 2. The molecule has 0 radical (unpaired) electrons. The molecule has 0 saturated carbocycles. The van der Waals surface area contributed by atoms with Crippen molar-refractivity contribution < 1.29 is 24.2 Å². The van der Waals surface area contributed by atoms with Crippen molar-refractivity contribution in [3.8, 4) is 5.75 Å². The smallest absolute Gasteiger partial charge is 0.306 e. The molecule has 1 aliphatic rings. The van der Waals surface area contributed by atoms with Gasteiger partial charge in [0.05, 0.1) is 23.6 Å². The first-order valence-electron chi connectivity index (χ1n) is 8.80. The number of nitrogens with zero attached hydrogens (tertiary/aromatic N) is 1. The third kappa shape index (κ3) is 4.26. The van der Waals surface area contributed by atoms with Crippen molar-refractivity contribution in [2.45, 2.75) is 19.8 Å². The minimum atomic E-state index is -0.951. The third-order valence-corrected chi connectivity index (χ3v) is 5.06. The molecule has 0 aliphatic carbocycles. The van der Waals surface area contributed by atoms with Gasteiger partial charge in [0, 0.05) is 5.56 Å². The number of carboxylic acids is 1. The summed E-state index contributed by atoms with van der Waals surface area (Å²) in [6, 6.07) is 14.3. The first kappa shape index (κ1) is 19.7. The zero-order valence-corrected chi connectivity index (χ0v) is 16.1. The molecule has 0 unspecified atom stereocenters. The predicted octanol–water partition coefficient (Wildman–Crippen LogP) is 4.34. The van der Waals surface area contributed by atoms with Gasteiger partial charge in [-0.15, -0.1) is 0 Å². The van der Waals surface area contributed by atoms with Crippen LogP contribution >= 0.6 is 11.8 Å². The molecule has 0 bridgehead atoms. The van der Waals surface area contributed by atoms with E-state index in [1.807, 2.05) is 19.1 Å². The van der Waals surface area contributed by atoms with Gasteiger partial charge in [0.25, 0.3) is 11.1 Å². The summed E-state index contributed by atoms with van der Waals surface area (Å²) in [5, 5.41) is 8.41. The van der Waals surface area contributed by atoms with Crippen LogP contribution in [0.5, 0.6) is 5.75 Å². The second-order valence-corrected chi connectivity index (χ2v) is 7.02. The lowest BCUT2D eigenvalue weighted by atomic mass is 10.1. The monoisotopic (exact) mass is 397 g/mol. The Kier molecular flexibility index (Phi) is 6.16. The van der Waals surface area contributed by atoms with Gasteiger partial charge in [0.1, 0.15) is 5.75 Å². The molecule has 2 amide bonds. The van der Waals surface area contributed by atoms with Crippen molar-refractivity contribution in [2.24, 2.45) is 0 Å². The highest BCUT2D eigenvalue weighted by atomic mass is 32.2. The molecular weight excluding hydrogens is 378 g/mol. The Bertz CT molecular complexity index is 953. The van der Waals surface area contributed by atoms with E-state index in [0.717, 1.165) is 17.3 Å². The number of para-hydroxylation sites is 2. The minimum absolute atomic E-state index is 0.0194. The van der Waals surface area contributed by atoms with Crippen molar-refractivity contribution in [1.82, 2.24) is 0 Å². The highest BCUT2D eigenvalue weighted by molar-refractivity contribution is 8.19. The molecule has 7 heteroatoms. The average Bonchev–Trinajstić information content (AvgIpc) is 2.96. The average molecular weight is 397 g/mol. The number of hydrogen-bond acceptors (Lipinski definition) is 5. The van der Waals surface area contributed by atoms with Gasteiger partial charge in [0.2, 0.25) is 0 Å². The van der Waals surface area contributed by atoms with Gasteiger partial charge in [0.15, 0.2) is 0 Å². The molecule has 0 atom stereocenters. The van der Waals surface area contributed by atoms with Crippen LogP contribution in [0.3, 0.4) is 0 Å². The molecule has 6 nitrogen and oxygen atoms in total. The summed E-state index contributed by atoms with van der Waals surface area (Å²) in [6.45, 7) is 1.99. The molecule has 2 aromatic rings. The number of thioether (sulfide) groups is 1. The van der Waals surface area contributed by atoms with Crippen LogP contribution in [0.2, 0.25) is 0 Å². The quantitative estimate of drug-likeness (QED) is 0.700. The Morgan fingerprint density at radius 2 is 1.86 bits per heavy atom. The fraction of sp³-hybridized carbons (Fsp3) is 0.190. The topological polar surface area (TPSA) is 83.9 Å². The van der Waals surface area contributed by atoms with E-state index >= 15 is 0 Å². The van der Waals surface area contributed by atoms with E-state index in [-0.39, 0.29) is 24.2 Å². The highest BCUT2D eigenvalue weighted by Gasteiger charge is 2.37. The predicted molar refractivity (Wildman–Crippen MR) is 108 cm³/mol. The van der Waals surface area contributed by atoms with E-state index in [2.05, 4.69) is 0 Å². The Morgan fingerprint density at radius 1 is 1.14 bits per heavy atom. The molecular formula is C21H19NO5S. The van der Waals surface area contributed by atoms with Crippen LogP contribution in [0.25, 0.3) is 6.08 Å². The molecule has 3 rings (SSSR count). The minimum Gasteiger partial charge on any atom is -0.492 e. The van der Waals surface area contributed by atoms with Crippen molar-refractivity contribution in [2.75, 3.05) is 11.5 Å². The van der Waals surface area contributed by atoms with Crippen LogP contribution in [0.15, 0.2) is 53.4 Å². The van der Waals surface area contributed by atoms with E-state index in [1.165, 1.54) is 4.90 Å². The summed E-state index contributed by atoms with van der Waals surface area (Å²) in [6.07, 6.45) is 2.19. The summed E-state index contributed by atoms with van der Waals surface area (Å²) in [4.78, 5) is 37.6. The van der Waals surface area contributed by atoms with E-state index in [9.17, 15) is 14.4 Å². The van der Waals surface area contributed by atoms with E-state index in [4.69, 9.17) is 9.84 Å². The van der Waals surface area contributed by atoms with E-state index in [1.54, 1.807) is 42.5 Å². The number of ether oxygens (including phenoxy) is 1. The summed E-state index contributed by atoms with van der Waals surface area (Å²) in [5.41, 5.74) is 2.13. The fourth-order valence-electron chi connectivity index (χ4n) is 2.82. The Morgan fingerprint density at radius 3 is 2.61 bits per heavy atom. The lowest BCUT2D eigenvalue weighted by Crippen LogP contribution is -2.28. The van der Waals surface area contributed by atoms with Crippen molar-refractivity contribution in [3.63, 3.8) is 0 Å². The fourth-order valence-corrected chi connectivity index (χ4v) is 3.65. The number of aryl methyl sites for hydroxylation is 1. The van der Waals surface area contributed by atoms with Crippen LogP contribution in [0, 0.1) is 0 Å². The maximum atomic E-state index is 12.9. The van der Waals surface area contributed by atoms with Crippen LogP contribution < -0.4 is 9.64 Å². The highest BCUT2D eigenvalue weighted by Crippen LogP contribution is 2.38. The number of hydrogen-bond donors (Lipinski definition) is 1. The maximum Gasteiger partial charge on any atom is 0.306 e. The van der Waals surface area contributed by atoms with Gasteiger partial charge in [-0.3, -0.25) is 14.4 Å². The van der Waals surface area contributed by atoms with Crippen LogP contribution in [-0.2, 0) is 16.0 Å². The molecule has 1 aliphatic heterocycles. The number of anilines is 1. The van der Waals surface area contributed by atoms with E-state index < -0.39 is 5.97 Å². The number of carboxylic acid groups (broad SMARTS) is 1. The number of rotatable bonds is 7. The van der Waals surface area contributed by atoms with Gasteiger partial charge in [-0.2, -0.15) is 0 Å². The number of aliphatic carboxylic acids is 1. The normalized spacial score (nSPS) is 15.3. The first-order valence-corrected chi connectivity index (χ1v) is 9.62. The molecule has 28 heavy (non-hydrogen) atoms. The first-order chi connectivity index (χ1) is 13.5. The van der Waals surface area contributed by atoms with E-state index in [0.29, 0.717) is 28.3 Å². The Hall–Kier alpha value is -3.06. The zero-order valence-electron chi connectivity index (χ0n) is 15.3. The molecule has 2 aromatic carbocycles. The van der Waals surface area contributed by atoms with Crippen molar-refractivity contribution in [3.05, 3.63) is 64.6 Å². The number of carbonyl (C=O) groups is 3. The van der Waals surface area contributed by atoms with Gasteiger partial charge >= 0.3 is 5.97 Å². The molecule has 0 aromatic heterocycles. The summed E-state index contributed by atoms with van der Waals surface area (Å²) in [5.74, 6) is -0.867. The summed E-state index contributed by atoms with van der Waals surface area (Å²) >= 11 is 0.877. The molecule has 1 saturated heterocycles. The molecule has 144 valence electrons. The zero-order chi connectivity index (χ0) is 20.1. The number of imide groups is 1. The number of carbonyl (C=O) groups excluding carboxylic acids is 2. The third-order valence-electron chi connectivity index (χ3n) is 4.19. The standard InChI is InChI=1S/C21H19NO5S/c1-2-14-7-3-5-9-16(14)22-20(25)18(28-21(22)26)13-15-8-4-6-10-17(15)27-12-11-19(23)24/h3-10,13H,2,11-12H2,1H3,(H,23,24)/b18-13+. The molecule has 1 heterocycles. The summed E-state index contributed by atoms with van der Waals surface area (Å²) < 4.78 is 5.52. The van der Waals surface area contributed by atoms with Gasteiger partial charge in [-0.05, 0) is 42.0 Å². The molecule has 1 fully saturated rings. The SMILES string of the molecule is CCc1ccccc1N1C(=O)S/C(=C/c2ccccc2OCCC(=O)O)C1=O. The van der Waals surface area contributed by atoms with Gasteiger partial charge < -0.3 is 9.84 Å². The largest absolute Gasteiger partial charge is 0.492 e. The van der Waals surface area contributed by atoms with Gasteiger partial charge in [-0.25, -0.2) is 4.90 Å². The van der Waals surface area contributed by atoms with Crippen molar-refractivity contribution in [1.29, 1.82) is 0 Å². The van der Waals surface area contributed by atoms with Crippen molar-refractivity contribution >= 4 is 40.6 Å². The Balaban J connectivity index is 1.87. The second-order valence-electron chi connectivity index (χ2n) is 6.03. The van der Waals surface area contributed by atoms with Gasteiger partial charge in [-0.1, -0.05) is 43.3 Å². The molecule has 0 spiro atoms. The number of amides is 2.